The van der Waals surface area contributed by atoms with Crippen LogP contribution in [0.3, 0.4) is 0 Å². The van der Waals surface area contributed by atoms with Crippen LogP contribution in [0.15, 0.2) is 12.1 Å². The molecule has 0 saturated heterocycles. The number of Topliss-reactive ketones (excluding diaryl/α,β-unsaturated/α-hetero) is 1. The summed E-state index contributed by atoms with van der Waals surface area (Å²) < 4.78 is 4.99. The van der Waals surface area contributed by atoms with Crippen LogP contribution in [0.25, 0.3) is 0 Å². The van der Waals surface area contributed by atoms with E-state index in [9.17, 15) is 4.79 Å². The van der Waals surface area contributed by atoms with Gasteiger partial charge in [0.2, 0.25) is 0 Å². The molecule has 0 radical (unpaired) electrons. The second-order valence-corrected chi connectivity index (χ2v) is 2.78. The van der Waals surface area contributed by atoms with Crippen LogP contribution >= 0.6 is 0 Å². The number of nitrogens with zero attached hydrogens (tertiary/aromatic N) is 1. The maximum Gasteiger partial charge on any atom is 0.163 e. The maximum absolute atomic E-state index is 11.2. The molecule has 1 aromatic rings. The topological polar surface area (TPSA) is 76.1 Å². The Morgan fingerprint density at radius 3 is 2.64 bits per heavy atom. The van der Waals surface area contributed by atoms with E-state index in [0.717, 1.165) is 0 Å². The van der Waals surface area contributed by atoms with Gasteiger partial charge >= 0.3 is 0 Å². The van der Waals surface area contributed by atoms with Crippen molar-refractivity contribution in [3.63, 3.8) is 0 Å². The highest BCUT2D eigenvalue weighted by molar-refractivity contribution is 5.98. The first-order valence-corrected chi connectivity index (χ1v) is 3.99. The molecule has 0 heterocycles. The number of nitriles is 1. The zero-order valence-corrected chi connectivity index (χ0v) is 8.00. The third-order valence-electron chi connectivity index (χ3n) is 1.89. The van der Waals surface area contributed by atoms with Gasteiger partial charge in [-0.15, -0.1) is 0 Å². The summed E-state index contributed by atoms with van der Waals surface area (Å²) in [5.74, 6) is 0.0957. The highest BCUT2D eigenvalue weighted by atomic mass is 16.5. The minimum Gasteiger partial charge on any atom is -0.495 e. The molecule has 0 atom stereocenters. The van der Waals surface area contributed by atoms with Gasteiger partial charge in [-0.3, -0.25) is 4.79 Å². The standard InChI is InChI=1S/C10H10N2O2/c1-6(13)7-3-4-9(12)8(5-11)10(7)14-2/h3-4H,12H2,1-2H3. The summed E-state index contributed by atoms with van der Waals surface area (Å²) in [5.41, 5.74) is 6.46. The number of benzene rings is 1. The SMILES string of the molecule is COc1c(C(C)=O)ccc(N)c1C#N. The van der Waals surface area contributed by atoms with Gasteiger partial charge in [0, 0.05) is 0 Å². The third-order valence-corrected chi connectivity index (χ3v) is 1.89. The monoisotopic (exact) mass is 190 g/mol. The summed E-state index contributed by atoms with van der Waals surface area (Å²) in [7, 11) is 1.40. The fourth-order valence-corrected chi connectivity index (χ4v) is 1.20. The summed E-state index contributed by atoms with van der Waals surface area (Å²) in [5, 5.41) is 8.82. The Morgan fingerprint density at radius 1 is 1.57 bits per heavy atom. The largest absolute Gasteiger partial charge is 0.495 e. The number of carbonyl (C=O) groups is 1. The summed E-state index contributed by atoms with van der Waals surface area (Å²) in [6, 6.07) is 4.99. The van der Waals surface area contributed by atoms with Gasteiger partial charge in [-0.05, 0) is 19.1 Å². The third kappa shape index (κ3) is 1.52. The van der Waals surface area contributed by atoms with Crippen molar-refractivity contribution in [2.24, 2.45) is 0 Å². The molecule has 1 rings (SSSR count). The fourth-order valence-electron chi connectivity index (χ4n) is 1.20. The maximum atomic E-state index is 11.2. The molecule has 0 aromatic heterocycles. The normalized spacial score (nSPS) is 9.21. The molecule has 0 spiro atoms. The van der Waals surface area contributed by atoms with Crippen LogP contribution in [0.2, 0.25) is 0 Å². The predicted octanol–water partition coefficient (Wildman–Crippen LogP) is 1.35. The first-order valence-electron chi connectivity index (χ1n) is 3.99. The fraction of sp³-hybridized carbons (Fsp3) is 0.200. The van der Waals surface area contributed by atoms with Crippen molar-refractivity contribution in [2.45, 2.75) is 6.92 Å². The molecule has 4 heteroatoms. The van der Waals surface area contributed by atoms with E-state index < -0.39 is 0 Å². The van der Waals surface area contributed by atoms with Crippen LogP contribution in [0.5, 0.6) is 5.75 Å². The summed E-state index contributed by atoms with van der Waals surface area (Å²) in [6.07, 6.45) is 0. The number of rotatable bonds is 2. The van der Waals surface area contributed by atoms with Crippen LogP contribution in [0.1, 0.15) is 22.8 Å². The Labute approximate surface area is 81.9 Å². The number of carbonyl (C=O) groups excluding carboxylic acids is 1. The summed E-state index contributed by atoms with van der Waals surface area (Å²) >= 11 is 0. The molecule has 0 amide bonds. The quantitative estimate of drug-likeness (QED) is 0.564. The molecule has 14 heavy (non-hydrogen) atoms. The van der Waals surface area contributed by atoms with E-state index in [-0.39, 0.29) is 17.1 Å². The van der Waals surface area contributed by atoms with Crippen molar-refractivity contribution in [3.05, 3.63) is 23.3 Å². The second kappa shape index (κ2) is 3.79. The lowest BCUT2D eigenvalue weighted by Crippen LogP contribution is -2.02. The van der Waals surface area contributed by atoms with Crippen LogP contribution in [0, 0.1) is 11.3 Å². The Kier molecular flexibility index (Phi) is 2.73. The minimum atomic E-state index is -0.154. The smallest absolute Gasteiger partial charge is 0.163 e. The first-order chi connectivity index (χ1) is 6.61. The van der Waals surface area contributed by atoms with Crippen molar-refractivity contribution in [3.8, 4) is 11.8 Å². The Hall–Kier alpha value is -2.02. The number of nitrogens with two attached hydrogens (primary N) is 1. The van der Waals surface area contributed by atoms with Crippen LogP contribution in [0.4, 0.5) is 5.69 Å². The molecule has 0 saturated carbocycles. The molecule has 0 aliphatic carbocycles. The number of hydrogen-bond acceptors (Lipinski definition) is 4. The molecular weight excluding hydrogens is 180 g/mol. The number of methoxy groups -OCH3 is 1. The number of ketones is 1. The molecule has 1 aromatic carbocycles. The lowest BCUT2D eigenvalue weighted by atomic mass is 10.0. The van der Waals surface area contributed by atoms with Crippen molar-refractivity contribution in [1.29, 1.82) is 5.26 Å². The van der Waals surface area contributed by atoms with Crippen molar-refractivity contribution >= 4 is 11.5 Å². The van der Waals surface area contributed by atoms with Gasteiger partial charge in [-0.1, -0.05) is 0 Å². The van der Waals surface area contributed by atoms with E-state index in [0.29, 0.717) is 11.3 Å². The average Bonchev–Trinajstić information content (AvgIpc) is 2.16. The van der Waals surface area contributed by atoms with Gasteiger partial charge in [0.15, 0.2) is 5.78 Å². The second-order valence-electron chi connectivity index (χ2n) is 2.78. The van der Waals surface area contributed by atoms with E-state index in [1.807, 2.05) is 6.07 Å². The van der Waals surface area contributed by atoms with Crippen molar-refractivity contribution in [1.82, 2.24) is 0 Å². The number of nitrogen functional groups attached to an aromatic ring is 1. The van der Waals surface area contributed by atoms with E-state index in [1.165, 1.54) is 20.1 Å². The highest BCUT2D eigenvalue weighted by Gasteiger charge is 2.14. The van der Waals surface area contributed by atoms with Crippen LogP contribution in [-0.4, -0.2) is 12.9 Å². The molecule has 72 valence electrons. The van der Waals surface area contributed by atoms with Crippen LogP contribution < -0.4 is 10.5 Å². The zero-order chi connectivity index (χ0) is 10.7. The molecule has 0 aliphatic heterocycles. The van der Waals surface area contributed by atoms with Crippen molar-refractivity contribution in [2.75, 3.05) is 12.8 Å². The zero-order valence-electron chi connectivity index (χ0n) is 8.00. The van der Waals surface area contributed by atoms with Crippen LogP contribution in [-0.2, 0) is 0 Å². The molecule has 0 unspecified atom stereocenters. The van der Waals surface area contributed by atoms with Gasteiger partial charge in [0.1, 0.15) is 17.4 Å². The van der Waals surface area contributed by atoms with E-state index in [2.05, 4.69) is 0 Å². The Balaban J connectivity index is 3.50. The van der Waals surface area contributed by atoms with E-state index >= 15 is 0 Å². The molecule has 0 fully saturated rings. The molecule has 0 aliphatic rings. The average molecular weight is 190 g/mol. The highest BCUT2D eigenvalue weighted by Crippen LogP contribution is 2.28. The number of hydrogen-bond donors (Lipinski definition) is 1. The molecule has 0 bridgehead atoms. The summed E-state index contributed by atoms with van der Waals surface area (Å²) in [4.78, 5) is 11.2. The Bertz CT molecular complexity index is 419. The first kappa shape index (κ1) is 10.1. The molecule has 4 nitrogen and oxygen atoms in total. The molecule has 2 N–H and O–H groups in total. The van der Waals surface area contributed by atoms with Gasteiger partial charge in [0.05, 0.1) is 18.4 Å². The minimum absolute atomic E-state index is 0.154. The van der Waals surface area contributed by atoms with Crippen molar-refractivity contribution < 1.29 is 9.53 Å². The lowest BCUT2D eigenvalue weighted by molar-refractivity contribution is 0.101. The van der Waals surface area contributed by atoms with E-state index in [1.54, 1.807) is 6.07 Å². The number of ether oxygens (including phenoxy) is 1. The van der Waals surface area contributed by atoms with Gasteiger partial charge in [0.25, 0.3) is 0 Å². The number of anilines is 1. The molecular formula is C10H10N2O2. The van der Waals surface area contributed by atoms with Gasteiger partial charge < -0.3 is 10.5 Å². The predicted molar refractivity (Wildman–Crippen MR) is 52.1 cm³/mol. The van der Waals surface area contributed by atoms with Gasteiger partial charge in [-0.25, -0.2) is 0 Å². The Morgan fingerprint density at radius 2 is 2.21 bits per heavy atom. The lowest BCUT2D eigenvalue weighted by Gasteiger charge is -2.08. The van der Waals surface area contributed by atoms with E-state index in [4.69, 9.17) is 15.7 Å². The van der Waals surface area contributed by atoms with Gasteiger partial charge in [-0.2, -0.15) is 5.26 Å². The summed E-state index contributed by atoms with van der Waals surface area (Å²) in [6.45, 7) is 1.41.